The molecule has 2 aromatic carbocycles. The van der Waals surface area contributed by atoms with Crippen LogP contribution in [0.5, 0.6) is 5.75 Å². The van der Waals surface area contributed by atoms with E-state index in [1.165, 1.54) is 11.1 Å². The van der Waals surface area contributed by atoms with Gasteiger partial charge in [-0.15, -0.1) is 6.58 Å². The summed E-state index contributed by atoms with van der Waals surface area (Å²) in [5, 5.41) is 11.8. The predicted molar refractivity (Wildman–Crippen MR) is 157 cm³/mol. The Morgan fingerprint density at radius 1 is 1.28 bits per heavy atom. The highest BCUT2D eigenvalue weighted by Crippen LogP contribution is 2.52. The Kier molecular flexibility index (Phi) is 7.54. The second-order valence-electron chi connectivity index (χ2n) is 13.1. The number of aryl methyl sites for hydroxylation is 1. The predicted octanol–water partition coefficient (Wildman–Crippen LogP) is 7.12. The second-order valence-corrected chi connectivity index (χ2v) is 13.5. The molecule has 1 unspecified atom stereocenters. The van der Waals surface area contributed by atoms with Gasteiger partial charge < -0.3 is 19.5 Å². The SMILES string of the molecule is C=CC[C@@H](O)[C@@]1(C)CC[C@H]1CN1CC2(CCCc3cc(Cl)ccc32)COc2ccc(C(=O)OC(C)(C)C)cc21. The first-order valence-electron chi connectivity index (χ1n) is 14.3. The van der Waals surface area contributed by atoms with Crippen LogP contribution in [-0.4, -0.2) is 42.5 Å². The number of esters is 1. The van der Waals surface area contributed by atoms with Crippen LogP contribution in [0, 0.1) is 11.3 Å². The fourth-order valence-electron chi connectivity index (χ4n) is 6.81. The highest BCUT2D eigenvalue weighted by Gasteiger charge is 2.49. The van der Waals surface area contributed by atoms with E-state index in [9.17, 15) is 9.90 Å². The highest BCUT2D eigenvalue weighted by molar-refractivity contribution is 6.30. The van der Waals surface area contributed by atoms with Crippen LogP contribution >= 0.6 is 11.6 Å². The van der Waals surface area contributed by atoms with Crippen molar-refractivity contribution in [3.63, 3.8) is 0 Å². The van der Waals surface area contributed by atoms with Crippen molar-refractivity contribution < 1.29 is 19.4 Å². The van der Waals surface area contributed by atoms with Crippen molar-refractivity contribution in [2.24, 2.45) is 11.3 Å². The quantitative estimate of drug-likeness (QED) is 0.306. The minimum atomic E-state index is -0.577. The molecule has 1 fully saturated rings. The molecule has 0 bridgehead atoms. The largest absolute Gasteiger partial charge is 0.490 e. The number of benzene rings is 2. The van der Waals surface area contributed by atoms with E-state index in [0.29, 0.717) is 24.5 Å². The number of halogens is 1. The average Bonchev–Trinajstić information content (AvgIpc) is 3.02. The Balaban J connectivity index is 1.54. The van der Waals surface area contributed by atoms with Crippen LogP contribution in [0.4, 0.5) is 5.69 Å². The fraction of sp³-hybridized carbons (Fsp3) is 0.545. The van der Waals surface area contributed by atoms with Crippen LogP contribution in [0.2, 0.25) is 5.02 Å². The molecule has 39 heavy (non-hydrogen) atoms. The monoisotopic (exact) mass is 551 g/mol. The van der Waals surface area contributed by atoms with Crippen LogP contribution in [0.15, 0.2) is 49.1 Å². The molecule has 1 spiro atoms. The van der Waals surface area contributed by atoms with Crippen molar-refractivity contribution in [1.82, 2.24) is 0 Å². The smallest absolute Gasteiger partial charge is 0.338 e. The van der Waals surface area contributed by atoms with Crippen molar-refractivity contribution in [2.75, 3.05) is 24.6 Å². The van der Waals surface area contributed by atoms with Gasteiger partial charge in [0.1, 0.15) is 11.4 Å². The lowest BCUT2D eigenvalue weighted by Gasteiger charge is -2.52. The number of hydrogen-bond donors (Lipinski definition) is 1. The molecule has 0 aromatic heterocycles. The molecule has 1 saturated carbocycles. The number of carbonyl (C=O) groups is 1. The van der Waals surface area contributed by atoms with E-state index in [-0.39, 0.29) is 16.8 Å². The third kappa shape index (κ3) is 5.45. The molecule has 1 heterocycles. The normalized spacial score (nSPS) is 26.9. The van der Waals surface area contributed by atoms with Gasteiger partial charge in [0.2, 0.25) is 0 Å². The molecule has 0 amide bonds. The average molecular weight is 552 g/mol. The van der Waals surface area contributed by atoms with Gasteiger partial charge >= 0.3 is 5.97 Å². The lowest BCUT2D eigenvalue weighted by Crippen LogP contribution is -2.53. The van der Waals surface area contributed by atoms with Crippen molar-refractivity contribution in [3.05, 3.63) is 70.8 Å². The zero-order valence-corrected chi connectivity index (χ0v) is 24.5. The number of fused-ring (bicyclic) bond motifs is 3. The number of aliphatic hydroxyl groups is 1. The summed E-state index contributed by atoms with van der Waals surface area (Å²) in [6.45, 7) is 13.8. The van der Waals surface area contributed by atoms with Gasteiger partial charge in [-0.1, -0.05) is 30.7 Å². The number of carbonyl (C=O) groups excluding carboxylic acids is 1. The summed E-state index contributed by atoms with van der Waals surface area (Å²) in [5.74, 6) is 0.763. The first-order chi connectivity index (χ1) is 18.4. The Labute approximate surface area is 238 Å². The van der Waals surface area contributed by atoms with Gasteiger partial charge in [0.15, 0.2) is 0 Å². The molecule has 6 heteroatoms. The highest BCUT2D eigenvalue weighted by atomic mass is 35.5. The molecule has 210 valence electrons. The van der Waals surface area contributed by atoms with Crippen molar-refractivity contribution in [1.29, 1.82) is 0 Å². The molecular formula is C33H42ClNO4. The number of nitrogens with zero attached hydrogens (tertiary/aromatic N) is 1. The van der Waals surface area contributed by atoms with Crippen LogP contribution in [-0.2, 0) is 16.6 Å². The lowest BCUT2D eigenvalue weighted by atomic mass is 9.57. The molecule has 5 rings (SSSR count). The molecule has 2 aliphatic carbocycles. The maximum Gasteiger partial charge on any atom is 0.338 e. The van der Waals surface area contributed by atoms with Gasteiger partial charge in [-0.3, -0.25) is 0 Å². The van der Waals surface area contributed by atoms with Crippen LogP contribution in [0.3, 0.4) is 0 Å². The minimum Gasteiger partial charge on any atom is -0.490 e. The molecule has 1 N–H and O–H groups in total. The summed E-state index contributed by atoms with van der Waals surface area (Å²) in [6, 6.07) is 11.9. The maximum absolute atomic E-state index is 13.0. The van der Waals surface area contributed by atoms with E-state index >= 15 is 0 Å². The first kappa shape index (κ1) is 28.0. The molecule has 2 aromatic rings. The Morgan fingerprint density at radius 3 is 2.77 bits per heavy atom. The van der Waals surface area contributed by atoms with Crippen LogP contribution in [0.25, 0.3) is 0 Å². The summed E-state index contributed by atoms with van der Waals surface area (Å²) >= 11 is 6.40. The zero-order chi connectivity index (χ0) is 28.0. The Morgan fingerprint density at radius 2 is 2.08 bits per heavy atom. The number of aliphatic hydroxyl groups excluding tert-OH is 1. The topological polar surface area (TPSA) is 59.0 Å². The van der Waals surface area contributed by atoms with Crippen molar-refractivity contribution in [2.45, 2.75) is 83.3 Å². The maximum atomic E-state index is 13.0. The van der Waals surface area contributed by atoms with Gasteiger partial charge in [0, 0.05) is 23.5 Å². The summed E-state index contributed by atoms with van der Waals surface area (Å²) in [6.07, 6.45) is 7.14. The number of anilines is 1. The number of ether oxygens (including phenoxy) is 2. The van der Waals surface area contributed by atoms with Gasteiger partial charge in [0.25, 0.3) is 0 Å². The standard InChI is InChI=1S/C33H42ClNO4/c1-6-8-29(36)32(5)16-14-24(32)19-35-20-33(15-7-9-22-17-25(34)11-12-26(22)33)21-38-28-13-10-23(18-27(28)35)30(37)39-31(2,3)4/h6,10-13,17-18,24,29,36H,1,7-9,14-16,19-21H2,2-5H3/t24-,29+,32-,33?/m0/s1. The third-order valence-corrected chi connectivity index (χ3v) is 9.46. The van der Waals surface area contributed by atoms with E-state index < -0.39 is 11.7 Å². The van der Waals surface area contributed by atoms with Crippen molar-refractivity contribution in [3.8, 4) is 5.75 Å². The molecule has 5 nitrogen and oxygen atoms in total. The molecule has 1 aliphatic heterocycles. The molecule has 4 atom stereocenters. The Hall–Kier alpha value is -2.50. The zero-order valence-electron chi connectivity index (χ0n) is 23.8. The van der Waals surface area contributed by atoms with E-state index in [0.717, 1.165) is 61.7 Å². The summed E-state index contributed by atoms with van der Waals surface area (Å²) in [4.78, 5) is 15.5. The van der Waals surface area contributed by atoms with Crippen molar-refractivity contribution >= 4 is 23.3 Å². The minimum absolute atomic E-state index is 0.171. The summed E-state index contributed by atoms with van der Waals surface area (Å²) in [5.41, 5.74) is 3.11. The van der Waals surface area contributed by atoms with E-state index in [1.807, 2.05) is 45.0 Å². The summed E-state index contributed by atoms with van der Waals surface area (Å²) < 4.78 is 12.3. The van der Waals surface area contributed by atoms with Gasteiger partial charge in [-0.05, 0) is 112 Å². The third-order valence-electron chi connectivity index (χ3n) is 9.23. The van der Waals surface area contributed by atoms with Gasteiger partial charge in [-0.2, -0.15) is 0 Å². The summed E-state index contributed by atoms with van der Waals surface area (Å²) in [7, 11) is 0. The van der Waals surface area contributed by atoms with Gasteiger partial charge in [-0.25, -0.2) is 4.79 Å². The number of rotatable bonds is 6. The van der Waals surface area contributed by atoms with E-state index in [4.69, 9.17) is 21.1 Å². The molecule has 0 radical (unpaired) electrons. The molecular weight excluding hydrogens is 510 g/mol. The van der Waals surface area contributed by atoms with Crippen LogP contribution in [0.1, 0.15) is 81.3 Å². The fourth-order valence-corrected chi connectivity index (χ4v) is 7.01. The first-order valence-corrected chi connectivity index (χ1v) is 14.6. The number of hydrogen-bond acceptors (Lipinski definition) is 5. The van der Waals surface area contributed by atoms with E-state index in [1.54, 1.807) is 6.07 Å². The molecule has 3 aliphatic rings. The lowest BCUT2D eigenvalue weighted by molar-refractivity contribution is -0.0695. The molecule has 0 saturated heterocycles. The van der Waals surface area contributed by atoms with E-state index in [2.05, 4.69) is 30.5 Å². The van der Waals surface area contributed by atoms with Gasteiger partial charge in [0.05, 0.1) is 24.0 Å². The Bertz CT molecular complexity index is 1250. The van der Waals surface area contributed by atoms with Crippen LogP contribution < -0.4 is 9.64 Å². The second kappa shape index (κ2) is 10.5.